The molecule has 32 heteroatoms. The second-order valence-corrected chi connectivity index (χ2v) is 29.1. The van der Waals surface area contributed by atoms with Gasteiger partial charge in [0.25, 0.3) is 0 Å². The van der Waals surface area contributed by atoms with Crippen molar-refractivity contribution in [3.63, 3.8) is 0 Å². The van der Waals surface area contributed by atoms with Crippen molar-refractivity contribution in [2.24, 2.45) is 17.8 Å². The Morgan fingerprint density at radius 2 is 1.26 bits per heavy atom. The van der Waals surface area contributed by atoms with Crippen LogP contribution in [0.1, 0.15) is 142 Å². The van der Waals surface area contributed by atoms with Gasteiger partial charge < -0.3 is 64.8 Å². The fourth-order valence-corrected chi connectivity index (χ4v) is 14.2. The van der Waals surface area contributed by atoms with Gasteiger partial charge in [0.05, 0.1) is 36.6 Å². The zero-order chi connectivity index (χ0) is 76.9. The van der Waals surface area contributed by atoms with Crippen molar-refractivity contribution in [1.82, 2.24) is 60.0 Å². The number of piperidine rings is 1. The zero-order valence-corrected chi connectivity index (χ0v) is 61.9. The molecule has 4 aliphatic rings. The van der Waals surface area contributed by atoms with Gasteiger partial charge >= 0.3 is 12.5 Å². The number of likely N-dealkylation sites (N-methyl/N-ethyl adjacent to an activating group) is 7. The number of amides is 12. The molecule has 1 aliphatic carbocycles. The van der Waals surface area contributed by atoms with Crippen LogP contribution in [-0.4, -0.2) is 258 Å². The average Bonchev–Trinajstić information content (AvgIpc) is 1.73. The standard InChI is InChI=1S/C71H101ClF6N12O13/c1-14-44(6)59-66(100)84(9)40-57(93)82(7)41-58(94)86(11)53(37-46-22-20-23-47(35-46)103-71(76,77)78)64(98)83(8)39-55(91)79-50(28-26-45-25-27-48(49(72)36-45)70(73,74)75)63(97)90-33-21-24-51(90)62(96)81-69(29-16-17-30-69)68(102)88(13)60(43(4)5)67(101)87(12)54(65(99)89-31-18-15-19-32-89)38-56(92)85(10)52(34-42(2)3)61(95)80-59/h20,22-23,25,27,35-36,42-44,50-54,59-60H,14-19,21,24,26,28-34,37-41H2,1-13H3,(H,79,91)(H,80,95)(H,81,96)/t44-,50-,51?,52-,53-,54-,59-,60-/m0/s1. The SMILES string of the molecule is CC[C@H](C)[C@@H]1NC(=O)[C@H](CC(C)C)N(C)C(=O)C[C@@H](C(=O)N2CCCCC2)N(C)C(=O)[C@H](C(C)C)N(C)C(=O)C2(CCCC2)NC(=O)C2CCCN2C(=O)[C@H](CCc2ccc(C(F)(F)F)c(Cl)c2)NC(=O)CN(C)C(=O)[C@H](Cc2cccc(OC(F)(F)F)c2)N(C)C(=O)CN(C)C(=O)CN(C)C1=O. The molecule has 2 aromatic carbocycles. The highest BCUT2D eigenvalue weighted by atomic mass is 35.5. The summed E-state index contributed by atoms with van der Waals surface area (Å²) < 4.78 is 86.2. The highest BCUT2D eigenvalue weighted by Gasteiger charge is 2.51. The van der Waals surface area contributed by atoms with E-state index in [0.29, 0.717) is 45.2 Å². The van der Waals surface area contributed by atoms with Crippen LogP contribution >= 0.6 is 11.6 Å². The molecular weight excluding hydrogens is 1380 g/mol. The molecule has 572 valence electrons. The van der Waals surface area contributed by atoms with Crippen molar-refractivity contribution in [3.8, 4) is 5.75 Å². The predicted octanol–water partition coefficient (Wildman–Crippen LogP) is 5.67. The van der Waals surface area contributed by atoms with Gasteiger partial charge in [0.1, 0.15) is 53.6 Å². The number of fused-ring (bicyclic) bond motifs is 1. The number of hydrogen-bond acceptors (Lipinski definition) is 13. The first kappa shape index (κ1) is 83.7. The van der Waals surface area contributed by atoms with Gasteiger partial charge in [-0.05, 0) is 117 Å². The van der Waals surface area contributed by atoms with Crippen molar-refractivity contribution in [3.05, 3.63) is 64.2 Å². The Bertz CT molecular complexity index is 3420. The van der Waals surface area contributed by atoms with E-state index in [2.05, 4.69) is 20.7 Å². The van der Waals surface area contributed by atoms with Gasteiger partial charge in [-0.15, -0.1) is 13.2 Å². The maximum atomic E-state index is 15.4. The summed E-state index contributed by atoms with van der Waals surface area (Å²) in [6.45, 7) is 8.81. The third-order valence-electron chi connectivity index (χ3n) is 20.2. The second kappa shape index (κ2) is 36.0. The normalized spacial score (nSPS) is 24.5. The number of aryl methyl sites for hydroxylation is 1. The first-order valence-electron chi connectivity index (χ1n) is 35.1. The molecule has 1 saturated carbocycles. The summed E-state index contributed by atoms with van der Waals surface area (Å²) in [6.07, 6.45) is -7.65. The fourth-order valence-electron chi connectivity index (χ4n) is 13.9. The largest absolute Gasteiger partial charge is 0.573 e. The maximum absolute atomic E-state index is 15.4. The summed E-state index contributed by atoms with van der Waals surface area (Å²) in [6, 6.07) is -2.32. The molecule has 3 aliphatic heterocycles. The van der Waals surface area contributed by atoms with E-state index in [4.69, 9.17) is 11.6 Å². The van der Waals surface area contributed by atoms with E-state index in [1.807, 2.05) is 13.8 Å². The van der Waals surface area contributed by atoms with Crippen LogP contribution in [0.15, 0.2) is 42.5 Å². The van der Waals surface area contributed by atoms with Gasteiger partial charge in [-0.25, -0.2) is 0 Å². The van der Waals surface area contributed by atoms with Crippen molar-refractivity contribution < 1.29 is 88.6 Å². The molecule has 8 atom stereocenters. The van der Waals surface area contributed by atoms with E-state index in [1.54, 1.807) is 32.6 Å². The predicted molar refractivity (Wildman–Crippen MR) is 367 cm³/mol. The van der Waals surface area contributed by atoms with Crippen LogP contribution in [0.2, 0.25) is 5.02 Å². The van der Waals surface area contributed by atoms with Gasteiger partial charge in [0.2, 0.25) is 70.9 Å². The number of ether oxygens (including phenoxy) is 1. The zero-order valence-electron chi connectivity index (χ0n) is 61.1. The number of rotatable bonds is 12. The molecule has 12 amide bonds. The number of likely N-dealkylation sites (tertiary alicyclic amines) is 1. The molecule has 4 fully saturated rings. The lowest BCUT2D eigenvalue weighted by Gasteiger charge is -2.42. The Labute approximate surface area is 603 Å². The van der Waals surface area contributed by atoms with Gasteiger partial charge in [-0.1, -0.05) is 90.6 Å². The lowest BCUT2D eigenvalue weighted by Crippen LogP contribution is -2.65. The van der Waals surface area contributed by atoms with Gasteiger partial charge in [-0.2, -0.15) is 13.2 Å². The van der Waals surface area contributed by atoms with E-state index in [0.717, 1.165) is 68.3 Å². The Morgan fingerprint density at radius 3 is 1.85 bits per heavy atom. The van der Waals surface area contributed by atoms with E-state index < -0.39 is 192 Å². The molecule has 0 radical (unpaired) electrons. The number of benzene rings is 2. The number of carbonyl (C=O) groups is 12. The molecule has 3 N–H and O–H groups in total. The Balaban J connectivity index is 1.45. The van der Waals surface area contributed by atoms with Crippen LogP contribution in [0.4, 0.5) is 26.3 Å². The molecule has 3 heterocycles. The smallest absolute Gasteiger partial charge is 0.406 e. The van der Waals surface area contributed by atoms with Gasteiger partial charge in [0.15, 0.2) is 0 Å². The summed E-state index contributed by atoms with van der Waals surface area (Å²) in [5, 5.41) is 7.77. The molecule has 0 aromatic heterocycles. The highest BCUT2D eigenvalue weighted by molar-refractivity contribution is 6.31. The monoisotopic (exact) mass is 1480 g/mol. The first-order chi connectivity index (χ1) is 48.1. The molecular formula is C71H101ClF6N12O13. The third kappa shape index (κ3) is 21.7. The van der Waals surface area contributed by atoms with E-state index in [-0.39, 0.29) is 68.5 Å². The Kier molecular flexibility index (Phi) is 29.2. The maximum Gasteiger partial charge on any atom is 0.573 e. The molecule has 103 heavy (non-hydrogen) atoms. The van der Waals surface area contributed by atoms with Crippen molar-refractivity contribution in [2.45, 2.75) is 198 Å². The lowest BCUT2D eigenvalue weighted by molar-refractivity contribution is -0.274. The first-order valence-corrected chi connectivity index (χ1v) is 35.5. The molecule has 3 saturated heterocycles. The summed E-state index contributed by atoms with van der Waals surface area (Å²) in [5.41, 5.74) is -2.53. The number of nitrogens with one attached hydrogen (secondary N) is 3. The van der Waals surface area contributed by atoms with Crippen molar-refractivity contribution in [2.75, 3.05) is 88.6 Å². The number of nitrogens with zero attached hydrogens (tertiary/aromatic N) is 9. The lowest BCUT2D eigenvalue weighted by atomic mass is 9.91. The van der Waals surface area contributed by atoms with Crippen LogP contribution < -0.4 is 20.7 Å². The summed E-state index contributed by atoms with van der Waals surface area (Å²) in [7, 11) is 9.03. The van der Waals surface area contributed by atoms with Crippen molar-refractivity contribution >= 4 is 82.5 Å². The second-order valence-electron chi connectivity index (χ2n) is 28.7. The minimum Gasteiger partial charge on any atom is -0.406 e. The Hall–Kier alpha value is -8.25. The van der Waals surface area contributed by atoms with Gasteiger partial charge in [-0.3, -0.25) is 57.5 Å². The minimum atomic E-state index is -5.13. The van der Waals surface area contributed by atoms with Crippen LogP contribution in [0.5, 0.6) is 5.75 Å². The molecule has 1 unspecified atom stereocenters. The fraction of sp³-hybridized carbons (Fsp3) is 0.662. The molecule has 25 nitrogen and oxygen atoms in total. The van der Waals surface area contributed by atoms with Crippen LogP contribution in [-0.2, 0) is 76.6 Å². The number of halogens is 7. The van der Waals surface area contributed by atoms with E-state index in [1.165, 1.54) is 69.1 Å². The van der Waals surface area contributed by atoms with Crippen LogP contribution in [0.25, 0.3) is 0 Å². The molecule has 2 aromatic rings. The highest BCUT2D eigenvalue weighted by Crippen LogP contribution is 2.37. The van der Waals surface area contributed by atoms with Crippen molar-refractivity contribution in [1.29, 1.82) is 0 Å². The summed E-state index contributed by atoms with van der Waals surface area (Å²) in [5.74, 6) is -11.5. The topological polar surface area (TPSA) is 279 Å². The van der Waals surface area contributed by atoms with E-state index >= 15 is 19.2 Å². The van der Waals surface area contributed by atoms with Crippen LogP contribution in [0, 0.1) is 17.8 Å². The number of hydrogen-bond donors (Lipinski definition) is 3. The summed E-state index contributed by atoms with van der Waals surface area (Å²) in [4.78, 5) is 188. The van der Waals surface area contributed by atoms with Crippen LogP contribution in [0.3, 0.4) is 0 Å². The number of carbonyl (C=O) groups excluding carboxylic acids is 12. The average molecular weight is 1480 g/mol. The Morgan fingerprint density at radius 1 is 0.641 bits per heavy atom. The molecule has 6 rings (SSSR count). The van der Waals surface area contributed by atoms with E-state index in [9.17, 15) is 64.7 Å². The molecule has 1 spiro atoms. The molecule has 0 bridgehead atoms. The summed E-state index contributed by atoms with van der Waals surface area (Å²) >= 11 is 6.11. The minimum absolute atomic E-state index is 0.0394. The number of alkyl halides is 6. The third-order valence-corrected chi connectivity index (χ3v) is 20.5. The quantitative estimate of drug-likeness (QED) is 0.216. The van der Waals surface area contributed by atoms with Gasteiger partial charge in [0, 0.05) is 75.4 Å².